The fourth-order valence-electron chi connectivity index (χ4n) is 10.7. The molecule has 0 bridgehead atoms. The van der Waals surface area contributed by atoms with Crippen molar-refractivity contribution in [3.63, 3.8) is 0 Å². The van der Waals surface area contributed by atoms with Gasteiger partial charge in [0.2, 0.25) is 5.91 Å². The smallest absolute Gasteiger partial charge is 0.462 e. The second kappa shape index (κ2) is 46.8. The van der Waals surface area contributed by atoms with Gasteiger partial charge in [-0.2, -0.15) is 0 Å². The van der Waals surface area contributed by atoms with Crippen LogP contribution in [0.15, 0.2) is 60.7 Å². The summed E-state index contributed by atoms with van der Waals surface area (Å²) >= 11 is 0. The lowest BCUT2D eigenvalue weighted by Gasteiger charge is -2.42. The molecule has 1 saturated heterocycles. The van der Waals surface area contributed by atoms with E-state index in [9.17, 15) is 9.59 Å². The van der Waals surface area contributed by atoms with Gasteiger partial charge in [0.25, 0.3) is 0 Å². The van der Waals surface area contributed by atoms with Gasteiger partial charge in [-0.05, 0) is 63.7 Å². The molecule has 3 rings (SSSR count). The summed E-state index contributed by atoms with van der Waals surface area (Å²) in [4.78, 5) is 44.7. The molecule has 16 heteroatoms. The molecule has 482 valence electrons. The van der Waals surface area contributed by atoms with E-state index in [4.69, 9.17) is 37.3 Å². The Bertz CT molecular complexity index is 1930. The maximum Gasteiger partial charge on any atom is 0.588 e. The van der Waals surface area contributed by atoms with Gasteiger partial charge >= 0.3 is 19.8 Å². The van der Waals surface area contributed by atoms with Gasteiger partial charge in [0.05, 0.1) is 37.6 Å². The van der Waals surface area contributed by atoms with Crippen molar-refractivity contribution in [2.45, 2.75) is 289 Å². The molecule has 1 amide bonds. The lowest BCUT2D eigenvalue weighted by molar-refractivity contribution is -0.195. The number of esters is 2. The van der Waals surface area contributed by atoms with E-state index in [0.29, 0.717) is 25.9 Å². The number of rotatable bonds is 53. The number of para-hydroxylation sites is 2. The van der Waals surface area contributed by atoms with Crippen molar-refractivity contribution in [2.24, 2.45) is 5.92 Å². The number of hydrogen-bond acceptors (Lipinski definition) is 13. The van der Waals surface area contributed by atoms with Crippen molar-refractivity contribution in [1.29, 1.82) is 0 Å². The van der Waals surface area contributed by atoms with Crippen molar-refractivity contribution in [3.8, 4) is 11.5 Å². The van der Waals surface area contributed by atoms with Crippen molar-refractivity contribution < 1.29 is 56.2 Å². The molecule has 0 unspecified atom stereocenters. The zero-order valence-electron chi connectivity index (χ0n) is 54.1. The summed E-state index contributed by atoms with van der Waals surface area (Å²) in [5.41, 5.74) is 0. The van der Waals surface area contributed by atoms with Crippen LogP contribution < -0.4 is 14.4 Å². The zero-order chi connectivity index (χ0) is 60.9. The number of carbonyl (C=O) groups excluding carboxylic acids is 3. The van der Waals surface area contributed by atoms with Crippen LogP contribution in [0.25, 0.3) is 0 Å². The lowest BCUT2D eigenvalue weighted by atomic mass is 9.93. The summed E-state index contributed by atoms with van der Waals surface area (Å²) in [6.45, 7) is 13.9. The summed E-state index contributed by atoms with van der Waals surface area (Å²) in [6, 6.07) is 17.1. The Hall–Kier alpha value is -3.30. The van der Waals surface area contributed by atoms with E-state index in [-0.39, 0.29) is 50.4 Å². The van der Waals surface area contributed by atoms with Gasteiger partial charge in [0, 0.05) is 14.7 Å². The molecule has 1 fully saturated rings. The average Bonchev–Trinajstić information content (AvgIpc) is 2.78. The number of amides is 1. The number of hydrogen-bond donors (Lipinski definition) is 1. The Balaban J connectivity index is 2.02. The molecule has 2 aromatic rings. The molecule has 1 aliphatic heterocycles. The fourth-order valence-corrected chi connectivity index (χ4v) is 12.9. The molecule has 84 heavy (non-hydrogen) atoms. The Morgan fingerprint density at radius 2 is 1.06 bits per heavy atom. The molecule has 0 spiro atoms. The molecular weight excluding hydrogens is 1100 g/mol. The summed E-state index contributed by atoms with van der Waals surface area (Å²) < 4.78 is 66.0. The average molecular weight is 1220 g/mol. The molecule has 0 aromatic heterocycles. The summed E-state index contributed by atoms with van der Waals surface area (Å²) in [7, 11) is -2.54. The molecule has 5 atom stereocenters. The fraction of sp³-hybridized carbons (Fsp3) is 0.779. The summed E-state index contributed by atoms with van der Waals surface area (Å²) in [6.07, 6.45) is 31.8. The Labute approximate surface area is 512 Å². The Morgan fingerprint density at radius 3 is 1.50 bits per heavy atom. The largest absolute Gasteiger partial charge is 0.588 e. The van der Waals surface area contributed by atoms with Crippen LogP contribution in [0.3, 0.4) is 0 Å². The minimum absolute atomic E-state index is 0.00664. The molecule has 1 N–H and O–H groups in total. The number of nitrogens with zero attached hydrogens (tertiary/aromatic N) is 1. The van der Waals surface area contributed by atoms with E-state index >= 15 is 9.36 Å². The minimum atomic E-state index is -4.73. The maximum absolute atomic E-state index is 15.5. The first-order valence-electron chi connectivity index (χ1n) is 33.5. The Kier molecular flexibility index (Phi) is 41.8. The van der Waals surface area contributed by atoms with Crippen LogP contribution in [-0.2, 0) is 47.2 Å². The first kappa shape index (κ1) is 74.9. The highest BCUT2D eigenvalue weighted by atomic mass is 31.2. The van der Waals surface area contributed by atoms with Gasteiger partial charge in [0.15, 0.2) is 6.10 Å². The van der Waals surface area contributed by atoms with Gasteiger partial charge in [-0.1, -0.05) is 263 Å². The van der Waals surface area contributed by atoms with Crippen molar-refractivity contribution in [2.75, 3.05) is 47.3 Å². The quantitative estimate of drug-likeness (QED) is 0.0220. The number of benzene rings is 2. The highest BCUT2D eigenvalue weighted by molar-refractivity contribution is 7.49. The highest BCUT2D eigenvalue weighted by Crippen LogP contribution is 2.52. The standard InChI is InChI=1S/C68H119N2O12PSi/c1-9-12-15-18-21-24-27-29-32-37-44-58(45-38-33-30-28-25-22-19-16-13-10-2)68(73)79-66-62(69-64(71)53-61(78-57-75-51-52-84(6,7)8)50-39-34-31-26-23-20-17-14-11-3)55-76-63(56-77-65(72)54-70(4)5)67(66)82-83(74,80-59-46-40-35-41-47-59)81-60-48-42-36-43-49-60/h35-36,40-43,46-49,58,61-63,66-67H,9-34,37-39,44-45,50-57H2,1-8H3,(H,69,71)/t61-,62+,63-,66-,67-/m1/s1. The second-order valence-corrected chi connectivity index (χ2v) is 32.4. The Morgan fingerprint density at radius 1 is 0.619 bits per heavy atom. The zero-order valence-corrected chi connectivity index (χ0v) is 56.0. The second-order valence-electron chi connectivity index (χ2n) is 25.3. The predicted octanol–water partition coefficient (Wildman–Crippen LogP) is 17.8. The number of ether oxygens (including phenoxy) is 5. The number of phosphoric acid groups is 1. The topological polar surface area (TPSA) is 157 Å². The van der Waals surface area contributed by atoms with E-state index in [0.717, 1.165) is 63.8 Å². The van der Waals surface area contributed by atoms with Crippen LogP contribution in [0.4, 0.5) is 0 Å². The van der Waals surface area contributed by atoms with Crippen LogP contribution in [0, 0.1) is 5.92 Å². The van der Waals surface area contributed by atoms with E-state index in [1.165, 1.54) is 128 Å². The lowest BCUT2D eigenvalue weighted by Crippen LogP contribution is -2.62. The number of nitrogens with one attached hydrogen (secondary N) is 1. The van der Waals surface area contributed by atoms with Gasteiger partial charge in [-0.25, -0.2) is 4.57 Å². The molecule has 14 nitrogen and oxygen atoms in total. The molecule has 2 aromatic carbocycles. The molecule has 0 saturated carbocycles. The first-order valence-corrected chi connectivity index (χ1v) is 38.7. The number of phosphoric ester groups is 1. The minimum Gasteiger partial charge on any atom is -0.462 e. The van der Waals surface area contributed by atoms with E-state index in [1.807, 2.05) is 12.1 Å². The number of likely N-dealkylation sites (N-methyl/N-ethyl adjacent to an activating group) is 1. The molecular formula is C68H119N2O12PSi. The van der Waals surface area contributed by atoms with Crippen molar-refractivity contribution in [3.05, 3.63) is 60.7 Å². The van der Waals surface area contributed by atoms with Crippen LogP contribution in [-0.4, -0.2) is 109 Å². The van der Waals surface area contributed by atoms with E-state index < -0.39 is 64.2 Å². The van der Waals surface area contributed by atoms with Gasteiger partial charge in [-0.15, -0.1) is 0 Å². The van der Waals surface area contributed by atoms with Crippen LogP contribution in [0.5, 0.6) is 11.5 Å². The van der Waals surface area contributed by atoms with Crippen molar-refractivity contribution >= 4 is 33.7 Å². The van der Waals surface area contributed by atoms with Gasteiger partial charge in [0.1, 0.15) is 37.1 Å². The molecule has 0 radical (unpaired) electrons. The normalized spacial score (nSPS) is 16.9. The third kappa shape index (κ3) is 36.8. The summed E-state index contributed by atoms with van der Waals surface area (Å²) in [5, 5.41) is 3.18. The third-order valence-corrected chi connectivity index (χ3v) is 18.8. The van der Waals surface area contributed by atoms with E-state index in [1.54, 1.807) is 67.5 Å². The predicted molar refractivity (Wildman–Crippen MR) is 344 cm³/mol. The maximum atomic E-state index is 15.5. The third-order valence-electron chi connectivity index (χ3n) is 15.8. The summed E-state index contributed by atoms with van der Waals surface area (Å²) in [5.74, 6) is -1.31. The van der Waals surface area contributed by atoms with Gasteiger partial charge in [-0.3, -0.25) is 23.8 Å². The SMILES string of the molecule is CCCCCCCCCCCCC(CCCCCCCCCCCC)C(=O)O[C@H]1[C@H](OP(=O)(Oc2ccccc2)Oc2ccccc2)[C@@H](COC(=O)CN(C)C)OC[C@@H]1NC(=O)C[C@@H](CCCCCCCCCCC)OCOCC[Si](C)(C)C. The monoisotopic (exact) mass is 1210 g/mol. The molecule has 0 aliphatic carbocycles. The molecule has 1 aliphatic rings. The van der Waals surface area contributed by atoms with Crippen LogP contribution in [0.1, 0.15) is 233 Å². The van der Waals surface area contributed by atoms with Crippen LogP contribution in [0.2, 0.25) is 25.7 Å². The number of carbonyl (C=O) groups is 3. The van der Waals surface area contributed by atoms with Crippen LogP contribution >= 0.6 is 7.82 Å². The molecule has 1 heterocycles. The van der Waals surface area contributed by atoms with Gasteiger partial charge < -0.3 is 38.0 Å². The number of unbranched alkanes of at least 4 members (excludes halogenated alkanes) is 26. The first-order chi connectivity index (χ1) is 40.6. The van der Waals surface area contributed by atoms with Crippen molar-refractivity contribution in [1.82, 2.24) is 10.2 Å². The highest BCUT2D eigenvalue weighted by Gasteiger charge is 2.51. The van der Waals surface area contributed by atoms with E-state index in [2.05, 4.69) is 45.7 Å².